The molecule has 6 nitrogen and oxygen atoms in total. The molecule has 0 saturated carbocycles. The largest absolute Gasteiger partial charge is 0.381 e. The van der Waals surface area contributed by atoms with Crippen molar-refractivity contribution in [1.29, 1.82) is 0 Å². The molecule has 104 valence electrons. The summed E-state index contributed by atoms with van der Waals surface area (Å²) in [6, 6.07) is 4.31. The van der Waals surface area contributed by atoms with E-state index < -0.39 is 10.7 Å². The van der Waals surface area contributed by atoms with Gasteiger partial charge in [0.15, 0.2) is 5.79 Å². The molecule has 1 aliphatic rings. The van der Waals surface area contributed by atoms with Gasteiger partial charge in [-0.1, -0.05) is 11.6 Å². The molecule has 1 aromatic carbocycles. The average Bonchev–Trinajstić information content (AvgIpc) is 2.67. The SMILES string of the molecule is CC1(C)OCC(CNc2ccc([N+](=O)[O-])cc2Cl)O1. The second-order valence-electron chi connectivity index (χ2n) is 4.75. The van der Waals surface area contributed by atoms with Crippen molar-refractivity contribution in [2.45, 2.75) is 25.7 Å². The van der Waals surface area contributed by atoms with Crippen LogP contribution in [0.2, 0.25) is 5.02 Å². The van der Waals surface area contributed by atoms with Crippen LogP contribution < -0.4 is 5.32 Å². The van der Waals surface area contributed by atoms with Gasteiger partial charge in [-0.2, -0.15) is 0 Å². The lowest BCUT2D eigenvalue weighted by atomic mass is 10.2. The molecule has 0 spiro atoms. The zero-order valence-electron chi connectivity index (χ0n) is 10.7. The number of rotatable bonds is 4. The van der Waals surface area contributed by atoms with Gasteiger partial charge in [0.1, 0.15) is 6.10 Å². The number of anilines is 1. The quantitative estimate of drug-likeness (QED) is 0.680. The van der Waals surface area contributed by atoms with Crippen LogP contribution in [0, 0.1) is 10.1 Å². The van der Waals surface area contributed by atoms with E-state index in [2.05, 4.69) is 5.32 Å². The molecule has 1 N–H and O–H groups in total. The number of non-ortho nitro benzene ring substituents is 1. The first kappa shape index (κ1) is 14.0. The Labute approximate surface area is 115 Å². The number of nitro groups is 1. The van der Waals surface area contributed by atoms with E-state index in [1.165, 1.54) is 12.1 Å². The molecule has 0 amide bonds. The predicted molar refractivity (Wildman–Crippen MR) is 71.5 cm³/mol. The van der Waals surface area contributed by atoms with E-state index in [4.69, 9.17) is 21.1 Å². The Morgan fingerprint density at radius 3 is 2.84 bits per heavy atom. The van der Waals surface area contributed by atoms with Crippen LogP contribution in [0.5, 0.6) is 0 Å². The number of hydrogen-bond donors (Lipinski definition) is 1. The number of nitrogens with one attached hydrogen (secondary N) is 1. The van der Waals surface area contributed by atoms with Gasteiger partial charge in [0.2, 0.25) is 0 Å². The van der Waals surface area contributed by atoms with Crippen LogP contribution in [-0.2, 0) is 9.47 Å². The molecular formula is C12H15ClN2O4. The van der Waals surface area contributed by atoms with Crippen LogP contribution in [-0.4, -0.2) is 30.0 Å². The smallest absolute Gasteiger partial charge is 0.271 e. The van der Waals surface area contributed by atoms with Crippen molar-refractivity contribution >= 4 is 23.0 Å². The minimum absolute atomic E-state index is 0.0304. The Hall–Kier alpha value is -1.37. The molecule has 0 radical (unpaired) electrons. The van der Waals surface area contributed by atoms with Gasteiger partial charge in [0.25, 0.3) is 5.69 Å². The van der Waals surface area contributed by atoms with Gasteiger partial charge < -0.3 is 14.8 Å². The molecule has 1 aliphatic heterocycles. The molecule has 1 aromatic rings. The fourth-order valence-corrected chi connectivity index (χ4v) is 2.09. The van der Waals surface area contributed by atoms with Crippen molar-refractivity contribution in [1.82, 2.24) is 0 Å². The van der Waals surface area contributed by atoms with Crippen LogP contribution in [0.1, 0.15) is 13.8 Å². The van der Waals surface area contributed by atoms with Crippen molar-refractivity contribution in [3.8, 4) is 0 Å². The molecule has 0 aliphatic carbocycles. The highest BCUT2D eigenvalue weighted by molar-refractivity contribution is 6.33. The summed E-state index contributed by atoms with van der Waals surface area (Å²) in [5, 5.41) is 14.0. The van der Waals surface area contributed by atoms with E-state index >= 15 is 0 Å². The fraction of sp³-hybridized carbons (Fsp3) is 0.500. The third-order valence-corrected chi connectivity index (χ3v) is 3.06. The van der Waals surface area contributed by atoms with Gasteiger partial charge in [-0.05, 0) is 19.9 Å². The van der Waals surface area contributed by atoms with Crippen molar-refractivity contribution in [2.24, 2.45) is 0 Å². The average molecular weight is 287 g/mol. The minimum Gasteiger partial charge on any atom is -0.381 e. The van der Waals surface area contributed by atoms with Crippen LogP contribution in [0.15, 0.2) is 18.2 Å². The first-order chi connectivity index (χ1) is 8.87. The van der Waals surface area contributed by atoms with E-state index in [1.807, 2.05) is 13.8 Å². The summed E-state index contributed by atoms with van der Waals surface area (Å²) in [4.78, 5) is 10.1. The fourth-order valence-electron chi connectivity index (χ4n) is 1.85. The summed E-state index contributed by atoms with van der Waals surface area (Å²) in [6.45, 7) is 4.74. The summed E-state index contributed by atoms with van der Waals surface area (Å²) in [5.74, 6) is -0.564. The Balaban J connectivity index is 1.95. The third kappa shape index (κ3) is 3.56. The Bertz CT molecular complexity index is 493. The maximum Gasteiger partial charge on any atom is 0.271 e. The lowest BCUT2D eigenvalue weighted by molar-refractivity contribution is -0.384. The second kappa shape index (κ2) is 5.32. The highest BCUT2D eigenvalue weighted by atomic mass is 35.5. The van der Waals surface area contributed by atoms with Gasteiger partial charge in [0, 0.05) is 18.7 Å². The number of ether oxygens (including phenoxy) is 2. The lowest BCUT2D eigenvalue weighted by Gasteiger charge is -2.17. The summed E-state index contributed by atoms with van der Waals surface area (Å²) in [7, 11) is 0. The maximum absolute atomic E-state index is 10.6. The summed E-state index contributed by atoms with van der Waals surface area (Å²) in [6.07, 6.45) is -0.0683. The second-order valence-corrected chi connectivity index (χ2v) is 5.16. The molecule has 1 saturated heterocycles. The third-order valence-electron chi connectivity index (χ3n) is 2.75. The topological polar surface area (TPSA) is 73.6 Å². The first-order valence-corrected chi connectivity index (χ1v) is 6.25. The minimum atomic E-state index is -0.564. The predicted octanol–water partition coefficient (Wildman–Crippen LogP) is 2.81. The summed E-state index contributed by atoms with van der Waals surface area (Å²) < 4.78 is 11.1. The maximum atomic E-state index is 10.6. The van der Waals surface area contributed by atoms with Crippen LogP contribution >= 0.6 is 11.6 Å². The first-order valence-electron chi connectivity index (χ1n) is 5.87. The number of benzene rings is 1. The van der Waals surface area contributed by atoms with Crippen molar-refractivity contribution in [3.63, 3.8) is 0 Å². The van der Waals surface area contributed by atoms with Crippen molar-refractivity contribution in [2.75, 3.05) is 18.5 Å². The number of halogens is 1. The number of hydrogen-bond acceptors (Lipinski definition) is 5. The van der Waals surface area contributed by atoms with Gasteiger partial charge in [-0.3, -0.25) is 10.1 Å². The lowest BCUT2D eigenvalue weighted by Crippen LogP contribution is -2.26. The van der Waals surface area contributed by atoms with Crippen LogP contribution in [0.3, 0.4) is 0 Å². The van der Waals surface area contributed by atoms with E-state index in [-0.39, 0.29) is 11.8 Å². The molecule has 1 atom stereocenters. The Morgan fingerprint density at radius 1 is 1.58 bits per heavy atom. The molecular weight excluding hydrogens is 272 g/mol. The summed E-state index contributed by atoms with van der Waals surface area (Å²) >= 11 is 5.98. The van der Waals surface area contributed by atoms with E-state index in [1.54, 1.807) is 6.07 Å². The van der Waals surface area contributed by atoms with Gasteiger partial charge in [-0.15, -0.1) is 0 Å². The zero-order valence-corrected chi connectivity index (χ0v) is 11.4. The molecule has 19 heavy (non-hydrogen) atoms. The summed E-state index contributed by atoms with van der Waals surface area (Å²) in [5.41, 5.74) is 0.609. The van der Waals surface area contributed by atoms with Crippen molar-refractivity contribution in [3.05, 3.63) is 33.3 Å². The zero-order chi connectivity index (χ0) is 14.0. The van der Waals surface area contributed by atoms with Gasteiger partial charge in [0.05, 0.1) is 22.2 Å². The van der Waals surface area contributed by atoms with Crippen molar-refractivity contribution < 1.29 is 14.4 Å². The molecule has 7 heteroatoms. The molecule has 0 bridgehead atoms. The monoisotopic (exact) mass is 286 g/mol. The highest BCUT2D eigenvalue weighted by Gasteiger charge is 2.32. The number of nitro benzene ring substituents is 1. The standard InChI is InChI=1S/C12H15ClN2O4/c1-12(2)18-7-9(19-12)6-14-11-4-3-8(15(16)17)5-10(11)13/h3-5,9,14H,6-7H2,1-2H3. The van der Waals surface area contributed by atoms with E-state index in [0.717, 1.165) is 0 Å². The molecule has 1 unspecified atom stereocenters. The highest BCUT2D eigenvalue weighted by Crippen LogP contribution is 2.28. The van der Waals surface area contributed by atoms with E-state index in [0.29, 0.717) is 23.9 Å². The molecule has 0 aromatic heterocycles. The Kier molecular flexibility index (Phi) is 3.93. The molecule has 1 fully saturated rings. The van der Waals surface area contributed by atoms with Gasteiger partial charge >= 0.3 is 0 Å². The van der Waals surface area contributed by atoms with E-state index in [9.17, 15) is 10.1 Å². The normalized spacial score (nSPS) is 21.3. The van der Waals surface area contributed by atoms with Crippen LogP contribution in [0.4, 0.5) is 11.4 Å². The number of nitrogens with zero attached hydrogens (tertiary/aromatic N) is 1. The molecule has 2 rings (SSSR count). The Morgan fingerprint density at radius 2 is 2.32 bits per heavy atom. The van der Waals surface area contributed by atoms with Gasteiger partial charge in [-0.25, -0.2) is 0 Å². The van der Waals surface area contributed by atoms with Crippen LogP contribution in [0.25, 0.3) is 0 Å². The molecule has 1 heterocycles.